The Labute approximate surface area is 248 Å². The van der Waals surface area contributed by atoms with Gasteiger partial charge in [0.1, 0.15) is 18.4 Å². The molecule has 0 aliphatic carbocycles. The number of sulfonamides is 1. The molecule has 0 aliphatic rings. The number of anilines is 1. The van der Waals surface area contributed by atoms with Gasteiger partial charge in [-0.1, -0.05) is 29.3 Å². The molecule has 0 radical (unpaired) electrons. The number of hydrogen-bond acceptors (Lipinski definition) is 6. The lowest BCUT2D eigenvalue weighted by Gasteiger charge is -2.32. The number of benzene rings is 3. The van der Waals surface area contributed by atoms with Crippen LogP contribution < -0.4 is 19.1 Å². The highest BCUT2D eigenvalue weighted by Gasteiger charge is 2.33. The van der Waals surface area contributed by atoms with Gasteiger partial charge in [0.15, 0.2) is 11.5 Å². The molecular formula is C28H30Cl2FN3O6S. The first-order valence-corrected chi connectivity index (χ1v) is 14.6. The van der Waals surface area contributed by atoms with Crippen molar-refractivity contribution in [3.63, 3.8) is 0 Å². The molecule has 2 amide bonds. The molecule has 3 aromatic rings. The van der Waals surface area contributed by atoms with Crippen molar-refractivity contribution in [1.82, 2.24) is 10.2 Å². The van der Waals surface area contributed by atoms with E-state index >= 15 is 0 Å². The van der Waals surface area contributed by atoms with Gasteiger partial charge in [-0.2, -0.15) is 0 Å². The Morgan fingerprint density at radius 3 is 2.22 bits per heavy atom. The first-order valence-electron chi connectivity index (χ1n) is 12.4. The van der Waals surface area contributed by atoms with E-state index in [1.54, 1.807) is 19.1 Å². The molecule has 0 unspecified atom stereocenters. The first kappa shape index (κ1) is 32.0. The second-order valence-corrected chi connectivity index (χ2v) is 11.5. The quantitative estimate of drug-likeness (QED) is 0.307. The molecule has 0 aliphatic heterocycles. The SMILES string of the molecule is CCNC(=O)[C@@H](C)N(Cc1ccc(Cl)cc1Cl)C(=O)CN(c1ccc(F)cc1)S(=O)(=O)c1ccc(OC)c(OC)c1. The fraction of sp³-hybridized carbons (Fsp3) is 0.286. The van der Waals surface area contributed by atoms with E-state index in [4.69, 9.17) is 32.7 Å². The highest BCUT2D eigenvalue weighted by molar-refractivity contribution is 7.92. The van der Waals surface area contributed by atoms with Gasteiger partial charge in [-0.3, -0.25) is 13.9 Å². The Kier molecular flexibility index (Phi) is 10.8. The van der Waals surface area contributed by atoms with Gasteiger partial charge in [0, 0.05) is 29.2 Å². The van der Waals surface area contributed by atoms with E-state index in [0.717, 1.165) is 16.4 Å². The van der Waals surface area contributed by atoms with Crippen molar-refractivity contribution in [2.24, 2.45) is 0 Å². The Morgan fingerprint density at radius 1 is 0.976 bits per heavy atom. The number of rotatable bonds is 12. The standard InChI is InChI=1S/C28H30Cl2FN3O6S/c1-5-32-28(36)18(2)33(16-19-6-7-20(29)14-24(19)30)27(35)17-34(22-10-8-21(31)9-11-22)41(37,38)23-12-13-25(39-3)26(15-23)40-4/h6-15,18H,5,16-17H2,1-4H3,(H,32,36)/t18-/m1/s1. The zero-order chi connectivity index (χ0) is 30.3. The van der Waals surface area contributed by atoms with E-state index < -0.39 is 40.2 Å². The average Bonchev–Trinajstić information content (AvgIpc) is 2.95. The van der Waals surface area contributed by atoms with Gasteiger partial charge in [-0.05, 0) is 67.9 Å². The van der Waals surface area contributed by atoms with E-state index in [1.165, 1.54) is 62.4 Å². The number of carbonyl (C=O) groups excluding carboxylic acids is 2. The summed E-state index contributed by atoms with van der Waals surface area (Å²) in [7, 11) is -1.64. The van der Waals surface area contributed by atoms with Crippen LogP contribution in [0.25, 0.3) is 0 Å². The minimum atomic E-state index is -4.41. The highest BCUT2D eigenvalue weighted by Crippen LogP contribution is 2.32. The monoisotopic (exact) mass is 625 g/mol. The number of methoxy groups -OCH3 is 2. The average molecular weight is 627 g/mol. The normalized spacial score (nSPS) is 11.9. The number of amides is 2. The fourth-order valence-electron chi connectivity index (χ4n) is 3.98. The molecule has 41 heavy (non-hydrogen) atoms. The van der Waals surface area contributed by atoms with E-state index in [1.807, 2.05) is 0 Å². The minimum absolute atomic E-state index is 0.0321. The third-order valence-electron chi connectivity index (χ3n) is 6.21. The summed E-state index contributed by atoms with van der Waals surface area (Å²) in [5, 5.41) is 3.33. The topological polar surface area (TPSA) is 105 Å². The van der Waals surface area contributed by atoms with Crippen molar-refractivity contribution in [2.75, 3.05) is 31.6 Å². The van der Waals surface area contributed by atoms with Crippen LogP contribution in [-0.4, -0.2) is 58.5 Å². The fourth-order valence-corrected chi connectivity index (χ4v) is 5.88. The summed E-state index contributed by atoms with van der Waals surface area (Å²) < 4.78 is 53.0. The minimum Gasteiger partial charge on any atom is -0.493 e. The van der Waals surface area contributed by atoms with Gasteiger partial charge < -0.3 is 19.7 Å². The van der Waals surface area contributed by atoms with E-state index in [0.29, 0.717) is 22.9 Å². The lowest BCUT2D eigenvalue weighted by molar-refractivity contribution is -0.139. The Bertz CT molecular complexity index is 1510. The third-order valence-corrected chi connectivity index (χ3v) is 8.57. The highest BCUT2D eigenvalue weighted by atomic mass is 35.5. The van der Waals surface area contributed by atoms with Gasteiger partial charge in [0.05, 0.1) is 24.8 Å². The van der Waals surface area contributed by atoms with Crippen LogP contribution >= 0.6 is 23.2 Å². The smallest absolute Gasteiger partial charge is 0.264 e. The van der Waals surface area contributed by atoms with Crippen LogP contribution in [0.2, 0.25) is 10.0 Å². The van der Waals surface area contributed by atoms with Gasteiger partial charge in [-0.15, -0.1) is 0 Å². The Balaban J connectivity index is 2.08. The number of hydrogen-bond donors (Lipinski definition) is 1. The van der Waals surface area contributed by atoms with Crippen LogP contribution in [0.1, 0.15) is 19.4 Å². The van der Waals surface area contributed by atoms with Gasteiger partial charge in [-0.25, -0.2) is 12.8 Å². The zero-order valence-corrected chi connectivity index (χ0v) is 25.2. The number of nitrogens with zero attached hydrogens (tertiary/aromatic N) is 2. The van der Waals surface area contributed by atoms with Crippen LogP contribution in [0.4, 0.5) is 10.1 Å². The summed E-state index contributed by atoms with van der Waals surface area (Å²) in [5.74, 6) is -1.28. The van der Waals surface area contributed by atoms with E-state index in [9.17, 15) is 22.4 Å². The number of carbonyl (C=O) groups is 2. The molecule has 9 nitrogen and oxygen atoms in total. The molecular weight excluding hydrogens is 596 g/mol. The van der Waals surface area contributed by atoms with Crippen LogP contribution in [-0.2, 0) is 26.2 Å². The maximum atomic E-state index is 13.9. The first-order chi connectivity index (χ1) is 19.4. The molecule has 0 saturated carbocycles. The van der Waals surface area contributed by atoms with E-state index in [2.05, 4.69) is 5.32 Å². The summed E-state index contributed by atoms with van der Waals surface area (Å²) in [5.41, 5.74) is 0.529. The molecule has 0 bridgehead atoms. The molecule has 13 heteroatoms. The molecule has 0 heterocycles. The van der Waals surface area contributed by atoms with Crippen LogP contribution in [0.5, 0.6) is 11.5 Å². The molecule has 1 N–H and O–H groups in total. The number of nitrogens with one attached hydrogen (secondary N) is 1. The second-order valence-electron chi connectivity index (χ2n) is 8.83. The predicted molar refractivity (Wildman–Crippen MR) is 156 cm³/mol. The number of halogens is 3. The molecule has 0 fully saturated rings. The summed E-state index contributed by atoms with van der Waals surface area (Å²) in [6.45, 7) is 2.76. The van der Waals surface area contributed by atoms with Crippen molar-refractivity contribution in [1.29, 1.82) is 0 Å². The van der Waals surface area contributed by atoms with Crippen LogP contribution in [0, 0.1) is 5.82 Å². The molecule has 0 spiro atoms. The molecule has 1 atom stereocenters. The Hall–Kier alpha value is -3.54. The van der Waals surface area contributed by atoms with Crippen LogP contribution in [0.15, 0.2) is 65.6 Å². The van der Waals surface area contributed by atoms with Crippen molar-refractivity contribution < 1.29 is 31.9 Å². The van der Waals surface area contributed by atoms with E-state index in [-0.39, 0.29) is 27.9 Å². The van der Waals surface area contributed by atoms with Gasteiger partial charge in [0.25, 0.3) is 10.0 Å². The summed E-state index contributed by atoms with van der Waals surface area (Å²) in [4.78, 5) is 27.7. The van der Waals surface area contributed by atoms with Gasteiger partial charge in [0.2, 0.25) is 11.8 Å². The summed E-state index contributed by atoms with van der Waals surface area (Å²) in [6.07, 6.45) is 0. The summed E-state index contributed by atoms with van der Waals surface area (Å²) >= 11 is 12.4. The largest absolute Gasteiger partial charge is 0.493 e. The van der Waals surface area contributed by atoms with Crippen LogP contribution in [0.3, 0.4) is 0 Å². The second kappa shape index (κ2) is 13.9. The van der Waals surface area contributed by atoms with Crippen molar-refractivity contribution >= 4 is 50.7 Å². The van der Waals surface area contributed by atoms with Gasteiger partial charge >= 0.3 is 0 Å². The number of ether oxygens (including phenoxy) is 2. The zero-order valence-electron chi connectivity index (χ0n) is 22.9. The van der Waals surface area contributed by atoms with Crippen molar-refractivity contribution in [2.45, 2.75) is 31.3 Å². The number of likely N-dealkylation sites (N-methyl/N-ethyl adjacent to an activating group) is 1. The molecule has 3 aromatic carbocycles. The maximum absolute atomic E-state index is 13.9. The van der Waals surface area contributed by atoms with Crippen molar-refractivity contribution in [3.05, 3.63) is 82.1 Å². The molecule has 0 aromatic heterocycles. The van der Waals surface area contributed by atoms with Crippen molar-refractivity contribution in [3.8, 4) is 11.5 Å². The molecule has 3 rings (SSSR count). The predicted octanol–water partition coefficient (Wildman–Crippen LogP) is 4.90. The molecule has 220 valence electrons. The third kappa shape index (κ3) is 7.60. The maximum Gasteiger partial charge on any atom is 0.264 e. The lowest BCUT2D eigenvalue weighted by atomic mass is 10.1. The lowest BCUT2D eigenvalue weighted by Crippen LogP contribution is -2.51. The molecule has 0 saturated heterocycles. The Morgan fingerprint density at radius 2 is 1.63 bits per heavy atom. The summed E-state index contributed by atoms with van der Waals surface area (Å²) in [6, 6.07) is 12.4.